The zero-order valence-corrected chi connectivity index (χ0v) is 22.4. The number of aromatic hydroxyl groups is 1. The first kappa shape index (κ1) is 25.4. The number of rotatable bonds is 7. The number of nitrogens with one attached hydrogen (secondary N) is 1. The highest BCUT2D eigenvalue weighted by Gasteiger charge is 2.21. The van der Waals surface area contributed by atoms with Gasteiger partial charge in [-0.1, -0.05) is 23.7 Å². The molecule has 5 aromatic rings. The van der Waals surface area contributed by atoms with Gasteiger partial charge < -0.3 is 24.5 Å². The highest BCUT2D eigenvalue weighted by Crippen LogP contribution is 2.33. The Morgan fingerprint density at radius 2 is 1.82 bits per heavy atom. The topological polar surface area (TPSA) is 103 Å². The number of aliphatic imine (C=N–C) groups is 1. The van der Waals surface area contributed by atoms with Crippen molar-refractivity contribution in [3.05, 3.63) is 82.9 Å². The van der Waals surface area contributed by atoms with E-state index in [1.54, 1.807) is 53.3 Å². The van der Waals surface area contributed by atoms with E-state index in [0.717, 1.165) is 23.0 Å². The third-order valence-electron chi connectivity index (χ3n) is 6.40. The summed E-state index contributed by atoms with van der Waals surface area (Å²) in [6.45, 7) is 1.36. The number of fused-ring (bicyclic) bond motifs is 2. The number of hydrogen-bond donors (Lipinski definition) is 2. The lowest BCUT2D eigenvalue weighted by Gasteiger charge is -2.19. The maximum absolute atomic E-state index is 13.1. The first-order chi connectivity index (χ1) is 18.2. The number of hydrogen-bond acceptors (Lipinski definition) is 6. The Bertz CT molecular complexity index is 1690. The van der Waals surface area contributed by atoms with Crippen LogP contribution in [0.4, 0.5) is 5.69 Å². The molecule has 5 rings (SSSR count). The van der Waals surface area contributed by atoms with Crippen molar-refractivity contribution >= 4 is 50.8 Å². The average molecular weight is 530 g/mol. The summed E-state index contributed by atoms with van der Waals surface area (Å²) in [6.07, 6.45) is 5.08. The van der Waals surface area contributed by atoms with E-state index in [2.05, 4.69) is 15.0 Å². The summed E-state index contributed by atoms with van der Waals surface area (Å²) in [5.41, 5.74) is 5.02. The van der Waals surface area contributed by atoms with Gasteiger partial charge in [0, 0.05) is 61.7 Å². The first-order valence-corrected chi connectivity index (χ1v) is 12.5. The summed E-state index contributed by atoms with van der Waals surface area (Å²) in [5, 5.41) is 12.3. The van der Waals surface area contributed by atoms with Crippen molar-refractivity contribution in [3.63, 3.8) is 0 Å². The molecular formula is C28H28ClN7O2. The fourth-order valence-corrected chi connectivity index (χ4v) is 4.54. The van der Waals surface area contributed by atoms with Crippen LogP contribution in [0.1, 0.15) is 21.6 Å². The lowest BCUT2D eigenvalue weighted by molar-refractivity contribution is 0.0777. The highest BCUT2D eigenvalue weighted by molar-refractivity contribution is 6.31. The molecule has 0 saturated carbocycles. The van der Waals surface area contributed by atoms with Crippen LogP contribution in [0.25, 0.3) is 21.9 Å². The van der Waals surface area contributed by atoms with Gasteiger partial charge in [-0.2, -0.15) is 0 Å². The third kappa shape index (κ3) is 4.98. The molecule has 0 aliphatic rings. The van der Waals surface area contributed by atoms with Gasteiger partial charge in [0.25, 0.3) is 5.91 Å². The van der Waals surface area contributed by atoms with Gasteiger partial charge in [-0.25, -0.2) is 4.99 Å². The molecule has 0 atom stereocenters. The van der Waals surface area contributed by atoms with Crippen LogP contribution in [0.2, 0.25) is 5.02 Å². The van der Waals surface area contributed by atoms with Crippen molar-refractivity contribution < 1.29 is 9.90 Å². The summed E-state index contributed by atoms with van der Waals surface area (Å²) >= 11 is 6.20. The van der Waals surface area contributed by atoms with E-state index < -0.39 is 0 Å². The molecule has 0 radical (unpaired) electrons. The van der Waals surface area contributed by atoms with E-state index >= 15 is 0 Å². The van der Waals surface area contributed by atoms with Crippen LogP contribution >= 0.6 is 11.6 Å². The fourth-order valence-electron chi connectivity index (χ4n) is 4.37. The van der Waals surface area contributed by atoms with E-state index in [4.69, 9.17) is 16.6 Å². The van der Waals surface area contributed by atoms with Gasteiger partial charge in [0.15, 0.2) is 5.88 Å². The van der Waals surface area contributed by atoms with E-state index in [0.29, 0.717) is 45.3 Å². The Kier molecular flexibility index (Phi) is 6.88. The Labute approximate surface area is 225 Å². The van der Waals surface area contributed by atoms with Crippen LogP contribution in [0.5, 0.6) is 5.88 Å². The third-order valence-corrected chi connectivity index (χ3v) is 6.64. The number of nitrogens with zero attached hydrogens (tertiary/aromatic N) is 6. The van der Waals surface area contributed by atoms with Crippen LogP contribution in [0.15, 0.2) is 66.0 Å². The summed E-state index contributed by atoms with van der Waals surface area (Å²) in [4.78, 5) is 33.6. The van der Waals surface area contributed by atoms with Gasteiger partial charge in [-0.05, 0) is 44.4 Å². The number of H-pyrrole nitrogens is 1. The fraction of sp³-hybridized carbons (Fsp3) is 0.214. The zero-order chi connectivity index (χ0) is 27.0. The number of carbonyl (C=O) groups excluding carboxylic acids is 1. The minimum absolute atomic E-state index is 0.0316. The summed E-state index contributed by atoms with van der Waals surface area (Å²) in [6, 6.07) is 12.8. The summed E-state index contributed by atoms with van der Waals surface area (Å²) in [7, 11) is 7.56. The lowest BCUT2D eigenvalue weighted by Crippen LogP contribution is -2.34. The molecule has 9 nitrogen and oxygen atoms in total. The predicted molar refractivity (Wildman–Crippen MR) is 151 cm³/mol. The molecule has 3 heterocycles. The van der Waals surface area contributed by atoms with Crippen molar-refractivity contribution in [2.24, 2.45) is 12.0 Å². The lowest BCUT2D eigenvalue weighted by atomic mass is 10.00. The van der Waals surface area contributed by atoms with Crippen LogP contribution in [-0.2, 0) is 7.05 Å². The molecule has 2 aromatic carbocycles. The van der Waals surface area contributed by atoms with Gasteiger partial charge in [0.2, 0.25) is 0 Å². The number of halogens is 1. The number of aromatic nitrogens is 4. The monoisotopic (exact) mass is 529 g/mol. The number of likely N-dealkylation sites (N-methyl/N-ethyl adjacent to an activating group) is 2. The molecule has 194 valence electrons. The van der Waals surface area contributed by atoms with Gasteiger partial charge >= 0.3 is 0 Å². The maximum Gasteiger partial charge on any atom is 0.270 e. The smallest absolute Gasteiger partial charge is 0.270 e. The quantitative estimate of drug-likeness (QED) is 0.300. The Morgan fingerprint density at radius 1 is 1.05 bits per heavy atom. The number of aryl methyl sites for hydroxylation is 1. The molecule has 1 amide bonds. The molecule has 0 aliphatic heterocycles. The Balaban J connectivity index is 1.64. The second kappa shape index (κ2) is 10.3. The van der Waals surface area contributed by atoms with Gasteiger partial charge in [0.05, 0.1) is 33.5 Å². The van der Waals surface area contributed by atoms with E-state index in [-0.39, 0.29) is 11.8 Å². The van der Waals surface area contributed by atoms with Gasteiger partial charge in [-0.3, -0.25) is 14.8 Å². The summed E-state index contributed by atoms with van der Waals surface area (Å²) in [5.74, 6) is -0.126. The van der Waals surface area contributed by atoms with E-state index in [9.17, 15) is 9.90 Å². The van der Waals surface area contributed by atoms with Crippen LogP contribution in [0, 0.1) is 0 Å². The molecule has 38 heavy (non-hydrogen) atoms. The minimum Gasteiger partial charge on any atom is -0.494 e. The molecule has 0 saturated heterocycles. The maximum atomic E-state index is 13.1. The van der Waals surface area contributed by atoms with Crippen molar-refractivity contribution in [3.8, 4) is 5.88 Å². The molecule has 0 unspecified atom stereocenters. The predicted octanol–water partition coefficient (Wildman–Crippen LogP) is 4.61. The molecule has 3 aromatic heterocycles. The Hall–Kier alpha value is -4.21. The number of carbonyl (C=O) groups is 1. The average Bonchev–Trinajstić information content (AvgIpc) is 3.42. The molecule has 2 N–H and O–H groups in total. The van der Waals surface area contributed by atoms with Crippen LogP contribution < -0.4 is 0 Å². The minimum atomic E-state index is -0.0945. The van der Waals surface area contributed by atoms with Crippen molar-refractivity contribution in [1.82, 2.24) is 29.3 Å². The molecule has 0 aliphatic carbocycles. The molecule has 0 bridgehead atoms. The Morgan fingerprint density at radius 3 is 2.58 bits per heavy atom. The number of amides is 1. The van der Waals surface area contributed by atoms with Gasteiger partial charge in [-0.15, -0.1) is 0 Å². The number of aromatic amines is 1. The van der Waals surface area contributed by atoms with Crippen LogP contribution in [-0.4, -0.2) is 80.3 Å². The molecule has 0 spiro atoms. The van der Waals surface area contributed by atoms with Crippen molar-refractivity contribution in [2.45, 2.75) is 0 Å². The highest BCUT2D eigenvalue weighted by atomic mass is 35.5. The van der Waals surface area contributed by atoms with Crippen molar-refractivity contribution in [1.29, 1.82) is 0 Å². The standard InChI is InChI=1S/C28H28ClN7O2/c1-34(2)11-12-35(3)28(38)24-15-19(16-36(24)4)32-26(17-5-8-21-23(13-17)31-10-9-30-21)25-20-7-6-18(29)14-22(20)33-27(25)37/h5-10,13-16,33,37H,11-12H2,1-4H3. The van der Waals surface area contributed by atoms with E-state index in [1.807, 2.05) is 50.3 Å². The second-order valence-corrected chi connectivity index (χ2v) is 9.92. The largest absolute Gasteiger partial charge is 0.494 e. The SMILES string of the molecule is CN(C)CCN(C)C(=O)c1cc(N=C(c2ccc3nccnc3c2)c2c(O)[nH]c3cc(Cl)ccc23)cn1C. The summed E-state index contributed by atoms with van der Waals surface area (Å²) < 4.78 is 1.77. The van der Waals surface area contributed by atoms with E-state index in [1.165, 1.54) is 0 Å². The molecular weight excluding hydrogens is 502 g/mol. The molecule has 0 fully saturated rings. The normalized spacial score (nSPS) is 12.1. The van der Waals surface area contributed by atoms with Crippen LogP contribution in [0.3, 0.4) is 0 Å². The molecule has 10 heteroatoms. The number of benzene rings is 2. The van der Waals surface area contributed by atoms with Gasteiger partial charge in [0.1, 0.15) is 5.69 Å². The van der Waals surface area contributed by atoms with Crippen molar-refractivity contribution in [2.75, 3.05) is 34.2 Å². The zero-order valence-electron chi connectivity index (χ0n) is 21.6. The first-order valence-electron chi connectivity index (χ1n) is 12.1. The second-order valence-electron chi connectivity index (χ2n) is 9.48.